The van der Waals surface area contributed by atoms with E-state index in [9.17, 15) is 0 Å². The number of rotatable bonds is 0. The first kappa shape index (κ1) is 6.61. The highest BCUT2D eigenvalue weighted by Gasteiger charge is 2.19. The van der Waals surface area contributed by atoms with Gasteiger partial charge in [0.1, 0.15) is 0 Å². The summed E-state index contributed by atoms with van der Waals surface area (Å²) in [4.78, 5) is 4.07. The van der Waals surface area contributed by atoms with Crippen molar-refractivity contribution in [2.45, 2.75) is 6.54 Å². The molecular formula is C8H11N3. The van der Waals surface area contributed by atoms with E-state index in [2.05, 4.69) is 29.1 Å². The van der Waals surface area contributed by atoms with Gasteiger partial charge in [0.25, 0.3) is 0 Å². The molecule has 0 radical (unpaired) electrons. The average Bonchev–Trinajstić information content (AvgIpc) is 2.30. The zero-order chi connectivity index (χ0) is 7.84. The minimum absolute atomic E-state index is 0.972. The second-order valence-electron chi connectivity index (χ2n) is 2.84. The minimum atomic E-state index is 0.972. The van der Waals surface area contributed by atoms with Crippen LogP contribution in [-0.4, -0.2) is 24.1 Å². The Morgan fingerprint density at radius 1 is 1.45 bits per heavy atom. The lowest BCUT2D eigenvalue weighted by atomic mass is 10.2. The van der Waals surface area contributed by atoms with Crippen LogP contribution in [0.5, 0.6) is 0 Å². The molecular weight excluding hydrogens is 138 g/mol. The van der Waals surface area contributed by atoms with E-state index in [-0.39, 0.29) is 0 Å². The third kappa shape index (κ3) is 0.886. The van der Waals surface area contributed by atoms with E-state index in [0.29, 0.717) is 0 Å². The molecule has 0 saturated heterocycles. The Kier molecular flexibility index (Phi) is 1.32. The fourth-order valence-corrected chi connectivity index (χ4v) is 1.39. The zero-order valence-electron chi connectivity index (χ0n) is 6.78. The third-order valence-corrected chi connectivity index (χ3v) is 2.14. The molecule has 0 unspecified atom stereocenters. The minimum Gasteiger partial charge on any atom is -0.308 e. The predicted octanol–water partition coefficient (Wildman–Crippen LogP) is 0.878. The van der Waals surface area contributed by atoms with Gasteiger partial charge in [-0.15, -0.1) is 0 Å². The maximum absolute atomic E-state index is 4.07. The van der Waals surface area contributed by atoms with E-state index in [4.69, 9.17) is 0 Å². The molecule has 0 saturated carbocycles. The first-order valence-corrected chi connectivity index (χ1v) is 3.66. The molecule has 58 valence electrons. The molecule has 0 bridgehead atoms. The second-order valence-corrected chi connectivity index (χ2v) is 2.84. The fourth-order valence-electron chi connectivity index (χ4n) is 1.39. The van der Waals surface area contributed by atoms with Crippen LogP contribution in [0.4, 0.5) is 5.69 Å². The number of anilines is 1. The van der Waals surface area contributed by atoms with E-state index in [0.717, 1.165) is 6.54 Å². The maximum Gasteiger partial charge on any atom is 0.0595 e. The quantitative estimate of drug-likeness (QED) is 0.546. The lowest BCUT2D eigenvalue weighted by Crippen LogP contribution is -2.29. The molecule has 3 nitrogen and oxygen atoms in total. The van der Waals surface area contributed by atoms with E-state index in [1.807, 2.05) is 18.5 Å². The van der Waals surface area contributed by atoms with Crippen molar-refractivity contribution in [3.05, 3.63) is 24.0 Å². The van der Waals surface area contributed by atoms with Crippen LogP contribution in [0.2, 0.25) is 0 Å². The molecule has 11 heavy (non-hydrogen) atoms. The van der Waals surface area contributed by atoms with Crippen molar-refractivity contribution in [3.8, 4) is 0 Å². The fraction of sp³-hybridized carbons (Fsp3) is 0.375. The molecule has 1 aromatic heterocycles. The summed E-state index contributed by atoms with van der Waals surface area (Å²) in [6.45, 7) is 0.972. The summed E-state index contributed by atoms with van der Waals surface area (Å²) < 4.78 is 0. The van der Waals surface area contributed by atoms with Gasteiger partial charge < -0.3 is 5.01 Å². The van der Waals surface area contributed by atoms with Gasteiger partial charge in [0, 0.05) is 38.6 Å². The van der Waals surface area contributed by atoms with Crippen molar-refractivity contribution in [1.82, 2.24) is 9.99 Å². The molecule has 0 amide bonds. The summed E-state index contributed by atoms with van der Waals surface area (Å²) in [6.07, 6.45) is 3.75. The van der Waals surface area contributed by atoms with Gasteiger partial charge in [0.2, 0.25) is 0 Å². The number of hydrazine groups is 1. The standard InChI is InChI=1S/C8H11N3/c1-10-6-7-5-9-4-3-8(7)11(10)2/h3-5H,6H2,1-2H3. The van der Waals surface area contributed by atoms with Crippen molar-refractivity contribution >= 4 is 5.69 Å². The molecule has 2 heterocycles. The lowest BCUT2D eigenvalue weighted by Gasteiger charge is -2.20. The van der Waals surface area contributed by atoms with Crippen LogP contribution >= 0.6 is 0 Å². The van der Waals surface area contributed by atoms with E-state index in [1.165, 1.54) is 11.3 Å². The van der Waals surface area contributed by atoms with Gasteiger partial charge in [-0.1, -0.05) is 0 Å². The molecule has 0 N–H and O–H groups in total. The first-order chi connectivity index (χ1) is 5.29. The number of pyridine rings is 1. The van der Waals surface area contributed by atoms with E-state index < -0.39 is 0 Å². The van der Waals surface area contributed by atoms with Gasteiger partial charge in [0.05, 0.1) is 5.69 Å². The summed E-state index contributed by atoms with van der Waals surface area (Å²) >= 11 is 0. The van der Waals surface area contributed by atoms with Crippen LogP contribution in [0.3, 0.4) is 0 Å². The molecule has 0 aliphatic carbocycles. The predicted molar refractivity (Wildman–Crippen MR) is 44.1 cm³/mol. The van der Waals surface area contributed by atoms with Crippen LogP contribution in [-0.2, 0) is 6.54 Å². The second kappa shape index (κ2) is 2.20. The number of nitrogens with zero attached hydrogens (tertiary/aromatic N) is 3. The maximum atomic E-state index is 4.07. The number of fused-ring (bicyclic) bond motifs is 1. The molecule has 0 spiro atoms. The van der Waals surface area contributed by atoms with Gasteiger partial charge in [-0.05, 0) is 6.07 Å². The van der Waals surface area contributed by atoms with Crippen molar-refractivity contribution in [2.24, 2.45) is 0 Å². The Hall–Kier alpha value is -1.09. The molecule has 2 rings (SSSR count). The highest BCUT2D eigenvalue weighted by atomic mass is 15.6. The molecule has 1 aromatic rings. The Balaban J connectivity index is 2.47. The van der Waals surface area contributed by atoms with Gasteiger partial charge in [0.15, 0.2) is 0 Å². The number of hydrogen-bond donors (Lipinski definition) is 0. The van der Waals surface area contributed by atoms with Gasteiger partial charge in [-0.2, -0.15) is 0 Å². The van der Waals surface area contributed by atoms with Gasteiger partial charge >= 0.3 is 0 Å². The molecule has 1 aliphatic heterocycles. The average molecular weight is 149 g/mol. The van der Waals surface area contributed by atoms with Crippen molar-refractivity contribution < 1.29 is 0 Å². The van der Waals surface area contributed by atoms with Gasteiger partial charge in [-0.3, -0.25) is 4.98 Å². The molecule has 3 heteroatoms. The summed E-state index contributed by atoms with van der Waals surface area (Å²) in [5, 5.41) is 4.30. The van der Waals surface area contributed by atoms with Crippen LogP contribution in [0.25, 0.3) is 0 Å². The monoisotopic (exact) mass is 149 g/mol. The molecule has 0 aromatic carbocycles. The largest absolute Gasteiger partial charge is 0.308 e. The van der Waals surface area contributed by atoms with Crippen LogP contribution in [0, 0.1) is 0 Å². The Morgan fingerprint density at radius 2 is 2.27 bits per heavy atom. The number of hydrogen-bond acceptors (Lipinski definition) is 3. The summed E-state index contributed by atoms with van der Waals surface area (Å²) in [7, 11) is 4.13. The molecule has 1 aliphatic rings. The Bertz CT molecular complexity index is 272. The van der Waals surface area contributed by atoms with Crippen LogP contribution < -0.4 is 5.01 Å². The first-order valence-electron chi connectivity index (χ1n) is 3.66. The highest BCUT2D eigenvalue weighted by molar-refractivity contribution is 5.53. The molecule has 0 fully saturated rings. The third-order valence-electron chi connectivity index (χ3n) is 2.14. The van der Waals surface area contributed by atoms with Crippen molar-refractivity contribution in [1.29, 1.82) is 0 Å². The normalized spacial score (nSPS) is 17.1. The lowest BCUT2D eigenvalue weighted by molar-refractivity contribution is 0.345. The summed E-state index contributed by atoms with van der Waals surface area (Å²) in [5.74, 6) is 0. The number of aromatic nitrogens is 1. The van der Waals surface area contributed by atoms with Crippen molar-refractivity contribution in [3.63, 3.8) is 0 Å². The topological polar surface area (TPSA) is 19.4 Å². The van der Waals surface area contributed by atoms with Crippen LogP contribution in [0.15, 0.2) is 18.5 Å². The highest BCUT2D eigenvalue weighted by Crippen LogP contribution is 2.26. The summed E-state index contributed by atoms with van der Waals surface area (Å²) in [5.41, 5.74) is 2.57. The van der Waals surface area contributed by atoms with Crippen LogP contribution in [0.1, 0.15) is 5.56 Å². The zero-order valence-corrected chi connectivity index (χ0v) is 6.78. The van der Waals surface area contributed by atoms with Crippen molar-refractivity contribution in [2.75, 3.05) is 19.1 Å². The Labute approximate surface area is 66.2 Å². The van der Waals surface area contributed by atoms with E-state index in [1.54, 1.807) is 0 Å². The van der Waals surface area contributed by atoms with E-state index >= 15 is 0 Å². The Morgan fingerprint density at radius 3 is 3.00 bits per heavy atom. The summed E-state index contributed by atoms with van der Waals surface area (Å²) in [6, 6.07) is 2.04. The molecule has 0 atom stereocenters. The van der Waals surface area contributed by atoms with Gasteiger partial charge in [-0.25, -0.2) is 5.01 Å². The SMILES string of the molecule is CN1Cc2cnccc2N1C. The smallest absolute Gasteiger partial charge is 0.0595 e.